The molecule has 5 heteroatoms. The Balaban J connectivity index is 1.46. The second kappa shape index (κ2) is 8.74. The monoisotopic (exact) mass is 358 g/mol. The van der Waals surface area contributed by atoms with E-state index >= 15 is 0 Å². The highest BCUT2D eigenvalue weighted by Crippen LogP contribution is 2.26. The van der Waals surface area contributed by atoms with Crippen molar-refractivity contribution in [2.24, 2.45) is 11.8 Å². The fourth-order valence-corrected chi connectivity index (χ4v) is 4.04. The quantitative estimate of drug-likeness (QED) is 0.884. The van der Waals surface area contributed by atoms with Gasteiger partial charge in [0.1, 0.15) is 5.82 Å². The smallest absolute Gasteiger partial charge is 0.317 e. The van der Waals surface area contributed by atoms with Gasteiger partial charge in [-0.2, -0.15) is 0 Å². The highest BCUT2D eigenvalue weighted by atomic mass is 16.2. The van der Waals surface area contributed by atoms with E-state index in [1.807, 2.05) is 18.1 Å². The Morgan fingerprint density at radius 2 is 1.77 bits per heavy atom. The highest BCUT2D eigenvalue weighted by molar-refractivity contribution is 5.74. The van der Waals surface area contributed by atoms with Crippen molar-refractivity contribution in [2.45, 2.75) is 65.0 Å². The van der Waals surface area contributed by atoms with E-state index in [2.05, 4.69) is 41.2 Å². The number of pyridine rings is 1. The Morgan fingerprint density at radius 3 is 2.38 bits per heavy atom. The maximum Gasteiger partial charge on any atom is 0.317 e. The lowest BCUT2D eigenvalue weighted by atomic mass is 9.87. The molecular formula is C21H34N4O. The van der Waals surface area contributed by atoms with E-state index in [1.54, 1.807) is 0 Å². The molecule has 144 valence electrons. The van der Waals surface area contributed by atoms with Crippen LogP contribution < -0.4 is 10.2 Å². The van der Waals surface area contributed by atoms with E-state index in [0.717, 1.165) is 49.1 Å². The average molecular weight is 359 g/mol. The molecule has 1 aliphatic heterocycles. The third-order valence-electron chi connectivity index (χ3n) is 6.21. The zero-order valence-electron chi connectivity index (χ0n) is 16.6. The average Bonchev–Trinajstić information content (AvgIpc) is 2.67. The molecule has 2 heterocycles. The molecule has 1 aromatic heterocycles. The first-order valence-corrected chi connectivity index (χ1v) is 10.2. The van der Waals surface area contributed by atoms with Crippen LogP contribution in [0.2, 0.25) is 0 Å². The van der Waals surface area contributed by atoms with Gasteiger partial charge in [-0.05, 0) is 62.0 Å². The van der Waals surface area contributed by atoms with Gasteiger partial charge in [0.2, 0.25) is 0 Å². The van der Waals surface area contributed by atoms with Crippen LogP contribution in [0.15, 0.2) is 18.3 Å². The minimum atomic E-state index is 0.0265. The number of amides is 2. The van der Waals surface area contributed by atoms with Crippen LogP contribution in [-0.4, -0.2) is 42.1 Å². The van der Waals surface area contributed by atoms with Crippen LogP contribution in [0, 0.1) is 11.8 Å². The Hall–Kier alpha value is -1.78. The van der Waals surface area contributed by atoms with Gasteiger partial charge < -0.3 is 15.1 Å². The molecule has 0 spiro atoms. The fraction of sp³-hybridized carbons (Fsp3) is 0.714. The Bertz CT molecular complexity index is 572. The third-order valence-corrected chi connectivity index (χ3v) is 6.21. The summed E-state index contributed by atoms with van der Waals surface area (Å²) >= 11 is 0. The van der Waals surface area contributed by atoms with Gasteiger partial charge in [0.25, 0.3) is 0 Å². The Labute approximate surface area is 158 Å². The molecule has 2 fully saturated rings. The molecule has 1 saturated carbocycles. The third kappa shape index (κ3) is 4.89. The molecule has 0 atom stereocenters. The zero-order chi connectivity index (χ0) is 18.5. The number of urea groups is 1. The van der Waals surface area contributed by atoms with E-state index < -0.39 is 0 Å². The van der Waals surface area contributed by atoms with E-state index in [4.69, 9.17) is 0 Å². The van der Waals surface area contributed by atoms with Crippen molar-refractivity contribution in [3.05, 3.63) is 23.9 Å². The van der Waals surface area contributed by atoms with Crippen molar-refractivity contribution in [1.29, 1.82) is 0 Å². The molecule has 1 aliphatic carbocycles. The Morgan fingerprint density at radius 1 is 1.12 bits per heavy atom. The standard InChI is InChI=1S/C21H34N4O/c1-16-4-7-19(8-5-16)24(3)21(26)23-15-18-6-9-20(22-14-18)25-12-10-17(2)11-13-25/h6,9,14,16-17,19H,4-5,7-8,10-13,15H2,1-3H3,(H,23,26). The summed E-state index contributed by atoms with van der Waals surface area (Å²) in [6, 6.07) is 4.58. The minimum Gasteiger partial charge on any atom is -0.357 e. The van der Waals surface area contributed by atoms with Crippen LogP contribution in [0.4, 0.5) is 10.6 Å². The predicted molar refractivity (Wildman–Crippen MR) is 106 cm³/mol. The number of anilines is 1. The van der Waals surface area contributed by atoms with Gasteiger partial charge in [0.05, 0.1) is 0 Å². The molecule has 2 amide bonds. The maximum absolute atomic E-state index is 12.4. The lowest BCUT2D eigenvalue weighted by Gasteiger charge is -2.33. The lowest BCUT2D eigenvalue weighted by Crippen LogP contribution is -2.44. The zero-order valence-corrected chi connectivity index (χ0v) is 16.6. The van der Waals surface area contributed by atoms with Crippen molar-refractivity contribution in [3.63, 3.8) is 0 Å². The molecule has 5 nitrogen and oxygen atoms in total. The van der Waals surface area contributed by atoms with Gasteiger partial charge in [-0.3, -0.25) is 0 Å². The molecule has 26 heavy (non-hydrogen) atoms. The molecule has 1 aromatic rings. The van der Waals surface area contributed by atoms with Crippen molar-refractivity contribution >= 4 is 11.8 Å². The topological polar surface area (TPSA) is 48.5 Å². The van der Waals surface area contributed by atoms with Crippen LogP contribution in [0.1, 0.15) is 57.9 Å². The molecule has 1 N–H and O–H groups in total. The first-order chi connectivity index (χ1) is 12.5. The molecule has 0 aromatic carbocycles. The van der Waals surface area contributed by atoms with Gasteiger partial charge in [0, 0.05) is 38.9 Å². The first kappa shape index (κ1) is 19.0. The minimum absolute atomic E-state index is 0.0265. The fourth-order valence-electron chi connectivity index (χ4n) is 4.04. The molecule has 2 aliphatic rings. The van der Waals surface area contributed by atoms with Crippen molar-refractivity contribution < 1.29 is 4.79 Å². The van der Waals surface area contributed by atoms with E-state index in [1.165, 1.54) is 25.7 Å². The van der Waals surface area contributed by atoms with Gasteiger partial charge in [0.15, 0.2) is 0 Å². The summed E-state index contributed by atoms with van der Waals surface area (Å²) in [4.78, 5) is 21.3. The number of nitrogens with zero attached hydrogens (tertiary/aromatic N) is 3. The van der Waals surface area contributed by atoms with Crippen LogP contribution in [0.5, 0.6) is 0 Å². The lowest BCUT2D eigenvalue weighted by molar-refractivity contribution is 0.163. The molecular weight excluding hydrogens is 324 g/mol. The van der Waals surface area contributed by atoms with Gasteiger partial charge in [-0.25, -0.2) is 9.78 Å². The first-order valence-electron chi connectivity index (χ1n) is 10.2. The number of nitrogens with one attached hydrogen (secondary N) is 1. The summed E-state index contributed by atoms with van der Waals surface area (Å²) < 4.78 is 0. The number of aromatic nitrogens is 1. The normalized spacial score (nSPS) is 24.3. The molecule has 1 saturated heterocycles. The molecule has 0 unspecified atom stereocenters. The molecule has 0 bridgehead atoms. The van der Waals surface area contributed by atoms with Crippen LogP contribution in [-0.2, 0) is 6.54 Å². The van der Waals surface area contributed by atoms with E-state index in [9.17, 15) is 4.79 Å². The summed E-state index contributed by atoms with van der Waals surface area (Å²) in [7, 11) is 1.93. The summed E-state index contributed by atoms with van der Waals surface area (Å²) in [5.74, 6) is 2.68. The number of piperidine rings is 1. The number of hydrogen-bond acceptors (Lipinski definition) is 3. The number of carbonyl (C=O) groups is 1. The molecule has 0 radical (unpaired) electrons. The summed E-state index contributed by atoms with van der Waals surface area (Å²) in [5.41, 5.74) is 1.05. The van der Waals surface area contributed by atoms with Crippen molar-refractivity contribution in [3.8, 4) is 0 Å². The number of rotatable bonds is 4. The van der Waals surface area contributed by atoms with Gasteiger partial charge in [-0.15, -0.1) is 0 Å². The van der Waals surface area contributed by atoms with Gasteiger partial charge >= 0.3 is 6.03 Å². The van der Waals surface area contributed by atoms with Crippen LogP contribution in [0.25, 0.3) is 0 Å². The maximum atomic E-state index is 12.4. The second-order valence-electron chi connectivity index (χ2n) is 8.38. The SMILES string of the molecule is CC1CCC(N(C)C(=O)NCc2ccc(N3CCC(C)CC3)nc2)CC1. The largest absolute Gasteiger partial charge is 0.357 e. The summed E-state index contributed by atoms with van der Waals surface area (Å²) in [5, 5.41) is 3.05. The van der Waals surface area contributed by atoms with E-state index in [0.29, 0.717) is 12.6 Å². The highest BCUT2D eigenvalue weighted by Gasteiger charge is 2.24. The van der Waals surface area contributed by atoms with Crippen molar-refractivity contribution in [1.82, 2.24) is 15.2 Å². The van der Waals surface area contributed by atoms with Crippen molar-refractivity contribution in [2.75, 3.05) is 25.0 Å². The van der Waals surface area contributed by atoms with Crippen LogP contribution in [0.3, 0.4) is 0 Å². The van der Waals surface area contributed by atoms with E-state index in [-0.39, 0.29) is 6.03 Å². The molecule has 3 rings (SSSR count). The summed E-state index contributed by atoms with van der Waals surface area (Å²) in [6.07, 6.45) is 9.07. The second-order valence-corrected chi connectivity index (χ2v) is 8.38. The number of carbonyl (C=O) groups excluding carboxylic acids is 1. The van der Waals surface area contributed by atoms with Gasteiger partial charge in [-0.1, -0.05) is 19.9 Å². The predicted octanol–water partition coefficient (Wildman–Crippen LogP) is 4.04. The van der Waals surface area contributed by atoms with Crippen LogP contribution >= 0.6 is 0 Å². The Kier molecular flexibility index (Phi) is 6.38. The number of hydrogen-bond donors (Lipinski definition) is 1. The summed E-state index contributed by atoms with van der Waals surface area (Å²) in [6.45, 7) is 7.35.